The second-order valence-electron chi connectivity index (χ2n) is 6.46. The average Bonchev–Trinajstić information content (AvgIpc) is 2.60. The lowest BCUT2D eigenvalue weighted by molar-refractivity contribution is -0.244. The molecule has 9 nitrogen and oxygen atoms in total. The van der Waals surface area contributed by atoms with Gasteiger partial charge >= 0.3 is 5.63 Å². The summed E-state index contributed by atoms with van der Waals surface area (Å²) in [4.78, 5) is 23.0. The molecule has 1 fully saturated rings. The maximum atomic E-state index is 11.6. The normalized spacial score (nSPS) is 28.1. The second-order valence-corrected chi connectivity index (χ2v) is 6.46. The first-order valence-electron chi connectivity index (χ1n) is 8.41. The molecule has 1 aromatic heterocycles. The zero-order valence-electron chi connectivity index (χ0n) is 14.8. The number of benzene rings is 1. The first kappa shape index (κ1) is 19.3. The van der Waals surface area contributed by atoms with E-state index in [-0.39, 0.29) is 5.75 Å². The van der Waals surface area contributed by atoms with E-state index in [0.717, 1.165) is 10.9 Å². The molecule has 1 aliphatic rings. The fourth-order valence-corrected chi connectivity index (χ4v) is 3.08. The molecular weight excluding hydrogens is 358 g/mol. The van der Waals surface area contributed by atoms with E-state index in [1.165, 1.54) is 19.1 Å². The van der Waals surface area contributed by atoms with Gasteiger partial charge in [0.15, 0.2) is 0 Å². The molecule has 1 amide bonds. The zero-order valence-corrected chi connectivity index (χ0v) is 14.8. The monoisotopic (exact) mass is 379 g/mol. The summed E-state index contributed by atoms with van der Waals surface area (Å²) < 4.78 is 16.4. The van der Waals surface area contributed by atoms with Crippen molar-refractivity contribution in [2.75, 3.05) is 6.61 Å². The van der Waals surface area contributed by atoms with Crippen LogP contribution in [0.1, 0.15) is 12.5 Å². The van der Waals surface area contributed by atoms with Gasteiger partial charge in [0.25, 0.3) is 0 Å². The number of carbonyl (C=O) groups is 1. The molecule has 0 aliphatic carbocycles. The van der Waals surface area contributed by atoms with Gasteiger partial charge in [-0.3, -0.25) is 4.79 Å². The van der Waals surface area contributed by atoms with Crippen LogP contribution in [0.5, 0.6) is 5.75 Å². The van der Waals surface area contributed by atoms with E-state index in [0.29, 0.717) is 5.58 Å². The molecular formula is C18H21NO8. The van der Waals surface area contributed by atoms with Crippen molar-refractivity contribution in [1.29, 1.82) is 0 Å². The first-order chi connectivity index (χ1) is 12.8. The van der Waals surface area contributed by atoms with Crippen molar-refractivity contribution in [3.8, 4) is 5.75 Å². The highest BCUT2D eigenvalue weighted by atomic mass is 16.7. The number of aryl methyl sites for hydroxylation is 1. The Morgan fingerprint density at radius 1 is 1.26 bits per heavy atom. The van der Waals surface area contributed by atoms with E-state index in [9.17, 15) is 24.9 Å². The molecule has 3 rings (SSSR count). The number of hydrogen-bond donors (Lipinski definition) is 4. The third kappa shape index (κ3) is 3.96. The van der Waals surface area contributed by atoms with Gasteiger partial charge in [0.05, 0.1) is 6.61 Å². The van der Waals surface area contributed by atoms with Crippen LogP contribution in [0.15, 0.2) is 33.5 Å². The highest BCUT2D eigenvalue weighted by Crippen LogP contribution is 2.27. The lowest BCUT2D eigenvalue weighted by Gasteiger charge is -2.42. The molecule has 1 aliphatic heterocycles. The largest absolute Gasteiger partial charge is 0.462 e. The van der Waals surface area contributed by atoms with Gasteiger partial charge in [-0.25, -0.2) is 4.79 Å². The Kier molecular flexibility index (Phi) is 5.47. The highest BCUT2D eigenvalue weighted by Gasteiger charge is 2.46. The molecule has 0 radical (unpaired) electrons. The van der Waals surface area contributed by atoms with Crippen molar-refractivity contribution in [3.05, 3.63) is 40.2 Å². The lowest BCUT2D eigenvalue weighted by Crippen LogP contribution is -2.65. The van der Waals surface area contributed by atoms with Crippen molar-refractivity contribution < 1.29 is 34.0 Å². The maximum absolute atomic E-state index is 11.6. The first-order valence-corrected chi connectivity index (χ1v) is 8.41. The number of nitrogens with one attached hydrogen (secondary N) is 1. The fourth-order valence-electron chi connectivity index (χ4n) is 3.08. The Labute approximate surface area is 154 Å². The summed E-state index contributed by atoms with van der Waals surface area (Å²) in [6, 6.07) is 5.12. The number of hydrogen-bond acceptors (Lipinski definition) is 8. The van der Waals surface area contributed by atoms with Crippen LogP contribution in [-0.4, -0.2) is 58.5 Å². The molecule has 0 saturated carbocycles. The molecule has 0 unspecified atom stereocenters. The van der Waals surface area contributed by atoms with Crippen LogP contribution >= 0.6 is 0 Å². The lowest BCUT2D eigenvalue weighted by atomic mass is 9.97. The topological polar surface area (TPSA) is 138 Å². The van der Waals surface area contributed by atoms with Gasteiger partial charge in [-0.05, 0) is 24.6 Å². The van der Waals surface area contributed by atoms with E-state index < -0.39 is 48.8 Å². The summed E-state index contributed by atoms with van der Waals surface area (Å²) in [5.41, 5.74) is 0.557. The van der Waals surface area contributed by atoms with Gasteiger partial charge in [0.2, 0.25) is 12.2 Å². The predicted molar refractivity (Wildman–Crippen MR) is 93.2 cm³/mol. The Balaban J connectivity index is 1.91. The quantitative estimate of drug-likeness (QED) is 0.518. The number of carbonyl (C=O) groups excluding carboxylic acids is 1. The second kappa shape index (κ2) is 7.65. The molecule has 0 spiro atoms. The summed E-state index contributed by atoms with van der Waals surface area (Å²) in [5.74, 6) is -0.192. The van der Waals surface area contributed by atoms with Gasteiger partial charge in [0, 0.05) is 24.4 Å². The number of fused-ring (bicyclic) bond motifs is 1. The summed E-state index contributed by atoms with van der Waals surface area (Å²) in [6.45, 7) is 2.48. The molecule has 0 bridgehead atoms. The van der Waals surface area contributed by atoms with Gasteiger partial charge in [-0.15, -0.1) is 0 Å². The van der Waals surface area contributed by atoms with Gasteiger partial charge in [-0.1, -0.05) is 0 Å². The number of ether oxygens (including phenoxy) is 2. The van der Waals surface area contributed by atoms with Crippen LogP contribution in [0.25, 0.3) is 11.0 Å². The molecule has 2 heterocycles. The van der Waals surface area contributed by atoms with E-state index in [1.54, 1.807) is 19.1 Å². The third-order valence-electron chi connectivity index (χ3n) is 4.43. The minimum atomic E-state index is -1.41. The summed E-state index contributed by atoms with van der Waals surface area (Å²) in [5, 5.41) is 32.9. The molecule has 27 heavy (non-hydrogen) atoms. The fraction of sp³-hybridized carbons (Fsp3) is 0.444. The van der Waals surface area contributed by atoms with E-state index in [2.05, 4.69) is 5.32 Å². The molecule has 4 N–H and O–H groups in total. The number of amides is 1. The Morgan fingerprint density at radius 3 is 2.67 bits per heavy atom. The van der Waals surface area contributed by atoms with Crippen molar-refractivity contribution in [2.45, 2.75) is 44.5 Å². The Bertz CT molecular complexity index is 895. The van der Waals surface area contributed by atoms with Crippen LogP contribution < -0.4 is 15.7 Å². The standard InChI is InChI=1S/C18H21NO8/c1-8-5-14(22)26-12-6-10(3-4-11(8)12)25-18-15(19-9(2)21)17(24)16(23)13(7-20)27-18/h3-6,13,15-18,20,23-24H,7H2,1-2H3,(H,19,21)/t13-,15-,16+,17-,18+/m1/s1. The smallest absolute Gasteiger partial charge is 0.336 e. The van der Waals surface area contributed by atoms with Gasteiger partial charge < -0.3 is 34.5 Å². The summed E-state index contributed by atoms with van der Waals surface area (Å²) in [6.07, 6.45) is -5.08. The molecule has 5 atom stereocenters. The van der Waals surface area contributed by atoms with Crippen molar-refractivity contribution >= 4 is 16.9 Å². The van der Waals surface area contributed by atoms with Crippen molar-refractivity contribution in [2.24, 2.45) is 0 Å². The molecule has 1 saturated heterocycles. The van der Waals surface area contributed by atoms with E-state index >= 15 is 0 Å². The van der Waals surface area contributed by atoms with Gasteiger partial charge in [0.1, 0.15) is 35.7 Å². The number of aliphatic hydroxyl groups excluding tert-OH is 3. The number of rotatable bonds is 4. The van der Waals surface area contributed by atoms with Crippen molar-refractivity contribution in [1.82, 2.24) is 5.32 Å². The molecule has 9 heteroatoms. The van der Waals surface area contributed by atoms with Crippen LogP contribution in [-0.2, 0) is 9.53 Å². The SMILES string of the molecule is CC(=O)N[C@H]1[C@@H](Oc2ccc3c(C)cc(=O)oc3c2)O[C@H](CO)[C@H](O)[C@@H]1O. The van der Waals surface area contributed by atoms with Crippen LogP contribution in [0, 0.1) is 6.92 Å². The summed E-state index contributed by atoms with van der Waals surface area (Å²) in [7, 11) is 0. The predicted octanol–water partition coefficient (Wildman–Crippen LogP) is -0.576. The zero-order chi connectivity index (χ0) is 19.7. The minimum absolute atomic E-state index is 0.261. The minimum Gasteiger partial charge on any atom is -0.462 e. The van der Waals surface area contributed by atoms with Crippen LogP contribution in [0.2, 0.25) is 0 Å². The van der Waals surface area contributed by atoms with Crippen molar-refractivity contribution in [3.63, 3.8) is 0 Å². The van der Waals surface area contributed by atoms with Crippen LogP contribution in [0.3, 0.4) is 0 Å². The highest BCUT2D eigenvalue weighted by molar-refractivity contribution is 5.81. The average molecular weight is 379 g/mol. The maximum Gasteiger partial charge on any atom is 0.336 e. The summed E-state index contributed by atoms with van der Waals surface area (Å²) >= 11 is 0. The Morgan fingerprint density at radius 2 is 2.00 bits per heavy atom. The molecule has 2 aromatic rings. The van der Waals surface area contributed by atoms with E-state index in [1.807, 2.05) is 0 Å². The number of aliphatic hydroxyl groups is 3. The van der Waals surface area contributed by atoms with Crippen LogP contribution in [0.4, 0.5) is 0 Å². The Hall–Kier alpha value is -2.46. The van der Waals surface area contributed by atoms with Gasteiger partial charge in [-0.2, -0.15) is 0 Å². The van der Waals surface area contributed by atoms with E-state index in [4.69, 9.17) is 13.9 Å². The molecule has 146 valence electrons. The molecule has 1 aromatic carbocycles. The third-order valence-corrected chi connectivity index (χ3v) is 4.43.